The highest BCUT2D eigenvalue weighted by molar-refractivity contribution is 5.47. The summed E-state index contributed by atoms with van der Waals surface area (Å²) in [4.78, 5) is 0. The molecule has 0 fully saturated rings. The fourth-order valence-electron chi connectivity index (χ4n) is 1.13. The van der Waals surface area contributed by atoms with Gasteiger partial charge < -0.3 is 9.47 Å². The zero-order chi connectivity index (χ0) is 11.1. The number of hydrogen-bond acceptors (Lipinski definition) is 3. The van der Waals surface area contributed by atoms with E-state index in [0.29, 0.717) is 0 Å². The van der Waals surface area contributed by atoms with Gasteiger partial charge in [0.1, 0.15) is 0 Å². The molecule has 1 heterocycles. The van der Waals surface area contributed by atoms with Crippen molar-refractivity contribution >= 4 is 0 Å². The molecular weight excluding hydrogens is 211 g/mol. The predicted molar refractivity (Wildman–Crippen MR) is 42.3 cm³/mol. The number of fused-ring (bicyclic) bond motifs is 1. The highest BCUT2D eigenvalue weighted by atomic mass is 19.3. The summed E-state index contributed by atoms with van der Waals surface area (Å²) in [5.74, 6) is -0.486. The van der Waals surface area contributed by atoms with Gasteiger partial charge in [-0.2, -0.15) is 18.4 Å². The molecule has 1 aromatic carbocycles. The van der Waals surface area contributed by atoms with Crippen molar-refractivity contribution in [3.8, 4) is 17.6 Å². The maximum Gasteiger partial charge on any atom is 0.468 e. The second-order valence-corrected chi connectivity index (χ2v) is 2.87. The zero-order valence-electron chi connectivity index (χ0n) is 7.21. The molecule has 0 aliphatic carbocycles. The third-order valence-electron chi connectivity index (χ3n) is 1.81. The Balaban J connectivity index is 2.42. The van der Waals surface area contributed by atoms with Crippen LogP contribution in [0.1, 0.15) is 5.56 Å². The first-order valence-corrected chi connectivity index (χ1v) is 3.94. The lowest BCUT2D eigenvalue weighted by atomic mass is 10.2. The van der Waals surface area contributed by atoms with Crippen LogP contribution in [0.3, 0.4) is 0 Å². The molecule has 0 N–H and O–H groups in total. The smallest absolute Gasteiger partial charge is 0.447 e. The molecule has 0 aromatic heterocycles. The van der Waals surface area contributed by atoms with Crippen LogP contribution >= 0.6 is 0 Å². The number of ether oxygens (including phenoxy) is 2. The summed E-state index contributed by atoms with van der Waals surface area (Å²) >= 11 is 0. The van der Waals surface area contributed by atoms with E-state index in [0.717, 1.165) is 12.1 Å². The summed E-state index contributed by atoms with van der Waals surface area (Å²) in [5, 5.41) is 8.52. The van der Waals surface area contributed by atoms with Crippen LogP contribution in [-0.4, -0.2) is 12.5 Å². The van der Waals surface area contributed by atoms with Crippen molar-refractivity contribution in [1.29, 1.82) is 5.26 Å². The third kappa shape index (κ3) is 1.56. The van der Waals surface area contributed by atoms with E-state index < -0.39 is 12.5 Å². The normalized spacial score (nSPS) is 21.9. The van der Waals surface area contributed by atoms with Gasteiger partial charge in [0, 0.05) is 6.07 Å². The lowest BCUT2D eigenvalue weighted by Gasteiger charge is -2.28. The maximum absolute atomic E-state index is 12.7. The van der Waals surface area contributed by atoms with Crippen molar-refractivity contribution in [3.63, 3.8) is 0 Å². The molecule has 3 nitrogen and oxygen atoms in total. The van der Waals surface area contributed by atoms with Crippen molar-refractivity contribution < 1.29 is 22.6 Å². The monoisotopic (exact) mass is 215 g/mol. The van der Waals surface area contributed by atoms with Gasteiger partial charge in [0.2, 0.25) is 0 Å². The van der Waals surface area contributed by atoms with Gasteiger partial charge in [0.05, 0.1) is 11.6 Å². The van der Waals surface area contributed by atoms with Crippen molar-refractivity contribution in [2.45, 2.75) is 12.5 Å². The number of rotatable bonds is 0. The summed E-state index contributed by atoms with van der Waals surface area (Å²) in [7, 11) is 0. The largest absolute Gasteiger partial charge is 0.468 e. The molecule has 0 spiro atoms. The third-order valence-corrected chi connectivity index (χ3v) is 1.81. The number of hydrogen-bond donors (Lipinski definition) is 0. The highest BCUT2D eigenvalue weighted by Gasteiger charge is 2.49. The average molecular weight is 215 g/mol. The van der Waals surface area contributed by atoms with Gasteiger partial charge in [-0.05, 0) is 12.1 Å². The van der Waals surface area contributed by atoms with Gasteiger partial charge in [-0.1, -0.05) is 0 Å². The molecule has 0 radical (unpaired) electrons. The van der Waals surface area contributed by atoms with Gasteiger partial charge >= 0.3 is 12.5 Å². The molecule has 0 saturated carbocycles. The number of benzene rings is 1. The van der Waals surface area contributed by atoms with Gasteiger partial charge in [0.25, 0.3) is 0 Å². The zero-order valence-corrected chi connectivity index (χ0v) is 7.21. The Bertz CT molecular complexity index is 441. The van der Waals surface area contributed by atoms with Crippen LogP contribution in [-0.2, 0) is 0 Å². The molecule has 0 saturated heterocycles. The molecule has 0 amide bonds. The number of nitrogens with zero attached hydrogens (tertiary/aromatic N) is 1. The highest BCUT2D eigenvalue weighted by Crippen LogP contribution is 2.40. The van der Waals surface area contributed by atoms with E-state index in [9.17, 15) is 13.2 Å². The Morgan fingerprint density at radius 1 is 1.33 bits per heavy atom. The van der Waals surface area contributed by atoms with Crippen molar-refractivity contribution in [1.82, 2.24) is 0 Å². The SMILES string of the molecule is N#Cc1ccc2c(c1)OC(F)C(F)(F)O2. The molecule has 1 aliphatic heterocycles. The standard InChI is InChI=1S/C9H4F3NO2/c10-8-9(11,12)15-6-2-1-5(4-13)3-7(6)14-8/h1-3,8H. The second-order valence-electron chi connectivity index (χ2n) is 2.87. The van der Waals surface area contributed by atoms with E-state index >= 15 is 0 Å². The molecular formula is C9H4F3NO2. The predicted octanol–water partition coefficient (Wildman–Crippen LogP) is 2.22. The topological polar surface area (TPSA) is 42.2 Å². The van der Waals surface area contributed by atoms with Crippen molar-refractivity contribution in [3.05, 3.63) is 23.8 Å². The first-order valence-electron chi connectivity index (χ1n) is 3.94. The molecule has 1 aromatic rings. The summed E-state index contributed by atoms with van der Waals surface area (Å²) < 4.78 is 46.4. The minimum Gasteiger partial charge on any atom is -0.447 e. The number of nitriles is 1. The number of halogens is 3. The van der Waals surface area contributed by atoms with Crippen molar-refractivity contribution in [2.24, 2.45) is 0 Å². The Labute approximate surface area is 82.6 Å². The van der Waals surface area contributed by atoms with Gasteiger partial charge in [0.15, 0.2) is 11.5 Å². The lowest BCUT2D eigenvalue weighted by molar-refractivity contribution is -0.281. The van der Waals surface area contributed by atoms with Crippen LogP contribution in [0.4, 0.5) is 13.2 Å². The van der Waals surface area contributed by atoms with Gasteiger partial charge in [-0.25, -0.2) is 0 Å². The van der Waals surface area contributed by atoms with Crippen LogP contribution in [0.25, 0.3) is 0 Å². The van der Waals surface area contributed by atoms with E-state index in [1.165, 1.54) is 6.07 Å². The molecule has 1 aliphatic rings. The number of alkyl halides is 3. The summed E-state index contributed by atoms with van der Waals surface area (Å²) in [5.41, 5.74) is 0.176. The van der Waals surface area contributed by atoms with Gasteiger partial charge in [-0.15, -0.1) is 0 Å². The fourth-order valence-corrected chi connectivity index (χ4v) is 1.13. The maximum atomic E-state index is 12.7. The van der Waals surface area contributed by atoms with E-state index in [2.05, 4.69) is 9.47 Å². The molecule has 2 rings (SSSR count). The fraction of sp³-hybridized carbons (Fsp3) is 0.222. The van der Waals surface area contributed by atoms with E-state index in [4.69, 9.17) is 5.26 Å². The molecule has 6 heteroatoms. The lowest BCUT2D eigenvalue weighted by Crippen LogP contribution is -2.43. The van der Waals surface area contributed by atoms with Gasteiger partial charge in [-0.3, -0.25) is 0 Å². The minimum absolute atomic E-state index is 0.176. The van der Waals surface area contributed by atoms with Crippen molar-refractivity contribution in [2.75, 3.05) is 0 Å². The van der Waals surface area contributed by atoms with E-state index in [-0.39, 0.29) is 17.1 Å². The van der Waals surface area contributed by atoms with E-state index in [1.807, 2.05) is 0 Å². The minimum atomic E-state index is -4.00. The van der Waals surface area contributed by atoms with Crippen LogP contribution < -0.4 is 9.47 Å². The Hall–Kier alpha value is -1.90. The van der Waals surface area contributed by atoms with Crippen LogP contribution in [0.5, 0.6) is 11.5 Å². The Morgan fingerprint density at radius 2 is 2.07 bits per heavy atom. The average Bonchev–Trinajstić information content (AvgIpc) is 2.19. The molecule has 1 atom stereocenters. The first kappa shape index (κ1) is 9.65. The molecule has 1 unspecified atom stereocenters. The second kappa shape index (κ2) is 3.05. The molecule has 0 bridgehead atoms. The van der Waals surface area contributed by atoms with Crippen LogP contribution in [0, 0.1) is 11.3 Å². The molecule has 15 heavy (non-hydrogen) atoms. The van der Waals surface area contributed by atoms with Crippen LogP contribution in [0.2, 0.25) is 0 Å². The first-order chi connectivity index (χ1) is 7.03. The summed E-state index contributed by atoms with van der Waals surface area (Å²) in [6, 6.07) is 5.31. The van der Waals surface area contributed by atoms with Crippen LogP contribution in [0.15, 0.2) is 18.2 Å². The Kier molecular flexibility index (Phi) is 1.96. The molecule has 78 valence electrons. The quantitative estimate of drug-likeness (QED) is 0.666. The summed E-state index contributed by atoms with van der Waals surface area (Å²) in [6.07, 6.45) is -6.86. The Morgan fingerprint density at radius 3 is 2.73 bits per heavy atom. The summed E-state index contributed by atoms with van der Waals surface area (Å²) in [6.45, 7) is 0. The van der Waals surface area contributed by atoms with E-state index in [1.54, 1.807) is 6.07 Å².